The number of aliphatic hydroxyl groups excluding tert-OH is 1. The molecule has 1 aromatic rings. The second-order valence-corrected chi connectivity index (χ2v) is 6.12. The number of rotatable bonds is 1. The highest BCUT2D eigenvalue weighted by atomic mass is 16.5. The summed E-state index contributed by atoms with van der Waals surface area (Å²) < 4.78 is 5.28. The molecule has 20 heavy (non-hydrogen) atoms. The SMILES string of the molecule is COc1cc2c(cc1O)CN1CC[C@@]23C=CC(O)C[C@H]13. The van der Waals surface area contributed by atoms with E-state index >= 15 is 0 Å². The highest BCUT2D eigenvalue weighted by Gasteiger charge is 2.52. The van der Waals surface area contributed by atoms with Gasteiger partial charge in [0.05, 0.1) is 13.2 Å². The van der Waals surface area contributed by atoms with Gasteiger partial charge in [0, 0.05) is 24.5 Å². The van der Waals surface area contributed by atoms with Crippen LogP contribution in [0, 0.1) is 0 Å². The van der Waals surface area contributed by atoms with E-state index in [9.17, 15) is 10.2 Å². The predicted molar refractivity (Wildman–Crippen MR) is 74.9 cm³/mol. The van der Waals surface area contributed by atoms with E-state index in [1.807, 2.05) is 18.2 Å². The number of aliphatic hydroxyl groups is 1. The lowest BCUT2D eigenvalue weighted by Crippen LogP contribution is -2.49. The van der Waals surface area contributed by atoms with Crippen LogP contribution in [0.25, 0.3) is 0 Å². The number of nitrogens with zero attached hydrogens (tertiary/aromatic N) is 1. The third-order valence-electron chi connectivity index (χ3n) is 5.21. The van der Waals surface area contributed by atoms with Gasteiger partial charge in [-0.2, -0.15) is 0 Å². The van der Waals surface area contributed by atoms with Gasteiger partial charge in [0.2, 0.25) is 0 Å². The van der Waals surface area contributed by atoms with Gasteiger partial charge in [-0.3, -0.25) is 4.90 Å². The van der Waals surface area contributed by atoms with Crippen LogP contribution >= 0.6 is 0 Å². The van der Waals surface area contributed by atoms with E-state index < -0.39 is 0 Å². The number of fused-ring (bicyclic) bond motifs is 1. The summed E-state index contributed by atoms with van der Waals surface area (Å²) in [7, 11) is 1.58. The average Bonchev–Trinajstić information content (AvgIpc) is 2.71. The molecule has 4 rings (SSSR count). The Morgan fingerprint density at radius 2 is 2.25 bits per heavy atom. The molecular formula is C16H19NO3. The topological polar surface area (TPSA) is 52.9 Å². The van der Waals surface area contributed by atoms with Crippen LogP contribution in [0.4, 0.5) is 0 Å². The minimum absolute atomic E-state index is 0.0200. The van der Waals surface area contributed by atoms with E-state index in [-0.39, 0.29) is 17.3 Å². The van der Waals surface area contributed by atoms with E-state index in [2.05, 4.69) is 11.0 Å². The minimum Gasteiger partial charge on any atom is -0.504 e. The monoisotopic (exact) mass is 273 g/mol. The van der Waals surface area contributed by atoms with Gasteiger partial charge in [0.25, 0.3) is 0 Å². The highest BCUT2D eigenvalue weighted by Crippen LogP contribution is 2.52. The number of aromatic hydroxyl groups is 1. The number of phenols is 1. The average molecular weight is 273 g/mol. The molecule has 0 spiro atoms. The van der Waals surface area contributed by atoms with E-state index in [1.54, 1.807) is 7.11 Å². The Balaban J connectivity index is 1.93. The van der Waals surface area contributed by atoms with E-state index in [4.69, 9.17) is 4.74 Å². The summed E-state index contributed by atoms with van der Waals surface area (Å²) in [4.78, 5) is 2.43. The molecule has 0 radical (unpaired) electrons. The summed E-state index contributed by atoms with van der Waals surface area (Å²) in [5.41, 5.74) is 2.42. The standard InChI is InChI=1S/C16H19NO3/c1-20-14-8-12-10(6-13(14)19)9-17-5-4-16(12)3-2-11(18)7-15(16)17/h2-3,6,8,11,15,18-19H,4-5,7,9H2,1H3/t11?,15-,16-/m0/s1. The van der Waals surface area contributed by atoms with Gasteiger partial charge in [-0.25, -0.2) is 0 Å². The van der Waals surface area contributed by atoms with Gasteiger partial charge in [-0.15, -0.1) is 0 Å². The molecule has 4 atom stereocenters. The van der Waals surface area contributed by atoms with E-state index in [1.165, 1.54) is 11.1 Å². The normalized spacial score (nSPS) is 37.4. The summed E-state index contributed by atoms with van der Waals surface area (Å²) in [6.07, 6.45) is 5.63. The summed E-state index contributed by atoms with van der Waals surface area (Å²) in [5, 5.41) is 19.9. The first-order valence-electron chi connectivity index (χ1n) is 7.16. The zero-order chi connectivity index (χ0) is 13.9. The van der Waals surface area contributed by atoms with Gasteiger partial charge < -0.3 is 14.9 Å². The Bertz CT molecular complexity index is 598. The smallest absolute Gasteiger partial charge is 0.160 e. The quantitative estimate of drug-likeness (QED) is 0.762. The first kappa shape index (κ1) is 12.2. The lowest BCUT2D eigenvalue weighted by atomic mass is 9.66. The van der Waals surface area contributed by atoms with E-state index in [0.29, 0.717) is 11.8 Å². The number of hydrogen-bond donors (Lipinski definition) is 2. The highest BCUT2D eigenvalue weighted by molar-refractivity contribution is 5.54. The van der Waals surface area contributed by atoms with Crippen molar-refractivity contribution in [3.63, 3.8) is 0 Å². The number of hydrogen-bond acceptors (Lipinski definition) is 4. The van der Waals surface area contributed by atoms with Crippen molar-refractivity contribution >= 4 is 0 Å². The second-order valence-electron chi connectivity index (χ2n) is 6.12. The Morgan fingerprint density at radius 3 is 3.05 bits per heavy atom. The minimum atomic E-state index is -0.339. The fourth-order valence-corrected chi connectivity index (χ4v) is 4.27. The molecule has 1 fully saturated rings. The molecular weight excluding hydrogens is 254 g/mol. The first-order valence-corrected chi connectivity index (χ1v) is 7.16. The molecule has 0 saturated carbocycles. The maximum Gasteiger partial charge on any atom is 0.160 e. The van der Waals surface area contributed by atoms with Crippen molar-refractivity contribution in [1.82, 2.24) is 4.90 Å². The predicted octanol–water partition coefficient (Wildman–Crippen LogP) is 1.55. The van der Waals surface area contributed by atoms with Crippen LogP contribution < -0.4 is 4.74 Å². The Morgan fingerprint density at radius 1 is 1.40 bits per heavy atom. The third kappa shape index (κ3) is 1.43. The number of benzene rings is 1. The molecule has 4 nitrogen and oxygen atoms in total. The Hall–Kier alpha value is -1.52. The molecule has 4 heteroatoms. The zero-order valence-corrected chi connectivity index (χ0v) is 11.5. The fraction of sp³-hybridized carbons (Fsp3) is 0.500. The van der Waals surface area contributed by atoms with E-state index in [0.717, 1.165) is 25.9 Å². The molecule has 1 aromatic carbocycles. The van der Waals surface area contributed by atoms with Crippen molar-refractivity contribution in [2.24, 2.45) is 0 Å². The van der Waals surface area contributed by atoms with Crippen molar-refractivity contribution in [1.29, 1.82) is 0 Å². The molecule has 0 amide bonds. The lowest BCUT2D eigenvalue weighted by Gasteiger charge is -2.45. The van der Waals surface area contributed by atoms with Crippen molar-refractivity contribution < 1.29 is 14.9 Å². The molecule has 106 valence electrons. The lowest BCUT2D eigenvalue weighted by molar-refractivity contribution is 0.110. The fourth-order valence-electron chi connectivity index (χ4n) is 4.27. The molecule has 3 aliphatic rings. The maximum absolute atomic E-state index is 9.99. The number of ether oxygens (including phenoxy) is 1. The zero-order valence-electron chi connectivity index (χ0n) is 11.5. The van der Waals surface area contributed by atoms with Crippen molar-refractivity contribution in [2.75, 3.05) is 13.7 Å². The van der Waals surface area contributed by atoms with Crippen molar-refractivity contribution in [3.8, 4) is 11.5 Å². The number of methoxy groups -OCH3 is 1. The number of phenolic OH excluding ortho intramolecular Hbond substituents is 1. The van der Waals surface area contributed by atoms with Gasteiger partial charge in [-0.1, -0.05) is 12.2 Å². The van der Waals surface area contributed by atoms with Gasteiger partial charge in [-0.05, 0) is 36.1 Å². The van der Waals surface area contributed by atoms with Crippen molar-refractivity contribution in [2.45, 2.75) is 36.9 Å². The molecule has 1 saturated heterocycles. The van der Waals surface area contributed by atoms with Crippen LogP contribution in [0.5, 0.6) is 11.5 Å². The molecule has 2 bridgehead atoms. The van der Waals surface area contributed by atoms with Crippen LogP contribution in [0.1, 0.15) is 24.0 Å². The third-order valence-corrected chi connectivity index (χ3v) is 5.21. The van der Waals surface area contributed by atoms with Gasteiger partial charge in [0.15, 0.2) is 11.5 Å². The molecule has 2 aliphatic heterocycles. The van der Waals surface area contributed by atoms with Crippen LogP contribution in [0.15, 0.2) is 24.3 Å². The molecule has 2 heterocycles. The maximum atomic E-state index is 9.99. The van der Waals surface area contributed by atoms with Gasteiger partial charge in [0.1, 0.15) is 0 Å². The van der Waals surface area contributed by atoms with Crippen LogP contribution in [0.2, 0.25) is 0 Å². The summed E-state index contributed by atoms with van der Waals surface area (Å²) >= 11 is 0. The Labute approximate surface area is 118 Å². The summed E-state index contributed by atoms with van der Waals surface area (Å²) in [5.74, 6) is 0.748. The summed E-state index contributed by atoms with van der Waals surface area (Å²) in [6.45, 7) is 1.89. The van der Waals surface area contributed by atoms with Crippen LogP contribution in [-0.4, -0.2) is 40.9 Å². The van der Waals surface area contributed by atoms with Crippen LogP contribution in [0.3, 0.4) is 0 Å². The van der Waals surface area contributed by atoms with Crippen molar-refractivity contribution in [3.05, 3.63) is 35.4 Å². The molecule has 1 aliphatic carbocycles. The summed E-state index contributed by atoms with van der Waals surface area (Å²) in [6, 6.07) is 4.19. The molecule has 0 aromatic heterocycles. The second kappa shape index (κ2) is 3.99. The first-order chi connectivity index (χ1) is 9.64. The Kier molecular flexibility index (Phi) is 2.44. The largest absolute Gasteiger partial charge is 0.504 e. The molecule has 2 unspecified atom stereocenters. The van der Waals surface area contributed by atoms with Crippen LogP contribution in [-0.2, 0) is 12.0 Å². The molecule has 2 N–H and O–H groups in total. The van der Waals surface area contributed by atoms with Gasteiger partial charge >= 0.3 is 0 Å².